The van der Waals surface area contributed by atoms with Crippen molar-refractivity contribution in [2.75, 3.05) is 24.6 Å². The highest BCUT2D eigenvalue weighted by Gasteiger charge is 2.43. The summed E-state index contributed by atoms with van der Waals surface area (Å²) in [5, 5.41) is 18.8. The molecule has 2 aromatic heterocycles. The molecule has 1 spiro atoms. The van der Waals surface area contributed by atoms with Crippen LogP contribution in [0.25, 0.3) is 0 Å². The average molecular weight is 388 g/mol. The second-order valence-corrected chi connectivity index (χ2v) is 8.10. The number of rotatable bonds is 3. The molecule has 0 amide bonds. The van der Waals surface area contributed by atoms with Crippen LogP contribution >= 0.6 is 11.3 Å². The molecule has 0 atom stereocenters. The Bertz CT molecular complexity index is 915. The second kappa shape index (κ2) is 6.61. The van der Waals surface area contributed by atoms with Crippen LogP contribution in [-0.4, -0.2) is 46.8 Å². The number of hydrogen-bond acceptors (Lipinski definition) is 6. The van der Waals surface area contributed by atoms with Gasteiger partial charge in [0.25, 0.3) is 0 Å². The van der Waals surface area contributed by atoms with Crippen LogP contribution in [-0.2, 0) is 16.8 Å². The van der Waals surface area contributed by atoms with Gasteiger partial charge in [-0.1, -0.05) is 0 Å². The number of carboxylic acid groups (broad SMARTS) is 2. The van der Waals surface area contributed by atoms with Gasteiger partial charge in [0.1, 0.15) is 16.3 Å². The van der Waals surface area contributed by atoms with E-state index in [0.717, 1.165) is 22.6 Å². The summed E-state index contributed by atoms with van der Waals surface area (Å²) in [5.74, 6) is -1.40. The third-order valence-corrected chi connectivity index (χ3v) is 6.52. The highest BCUT2D eigenvalue weighted by molar-refractivity contribution is 7.14. The van der Waals surface area contributed by atoms with Crippen molar-refractivity contribution in [2.24, 2.45) is 0 Å². The number of fused-ring (bicyclic) bond motifs is 2. The molecule has 0 bridgehead atoms. The topological polar surface area (TPSA) is 100.0 Å². The van der Waals surface area contributed by atoms with E-state index in [4.69, 9.17) is 4.74 Å². The zero-order chi connectivity index (χ0) is 19.2. The van der Waals surface area contributed by atoms with E-state index in [0.29, 0.717) is 43.2 Å². The zero-order valence-corrected chi connectivity index (χ0v) is 15.7. The maximum atomic E-state index is 11.6. The maximum Gasteiger partial charge on any atom is 0.345 e. The minimum absolute atomic E-state index is 0.200. The Kier molecular flexibility index (Phi) is 4.39. The van der Waals surface area contributed by atoms with Crippen LogP contribution in [0.2, 0.25) is 0 Å². The SMILES string of the molecule is Cc1ccc(C(=O)O)c(N2CCC3(CC2)OCCc2sc(C(=O)O)cc23)n1. The summed E-state index contributed by atoms with van der Waals surface area (Å²) in [6.45, 7) is 3.63. The molecule has 0 aliphatic carbocycles. The number of ether oxygens (including phenoxy) is 1. The van der Waals surface area contributed by atoms with E-state index in [2.05, 4.69) is 4.98 Å². The number of hydrogen-bond donors (Lipinski definition) is 2. The number of aromatic carboxylic acids is 2. The Balaban J connectivity index is 1.61. The molecule has 0 aromatic carbocycles. The second-order valence-electron chi connectivity index (χ2n) is 6.96. The summed E-state index contributed by atoms with van der Waals surface area (Å²) in [6.07, 6.45) is 2.08. The largest absolute Gasteiger partial charge is 0.478 e. The fourth-order valence-electron chi connectivity index (χ4n) is 3.97. The predicted octanol–water partition coefficient (Wildman–Crippen LogP) is 2.92. The molecule has 2 aliphatic heterocycles. The van der Waals surface area contributed by atoms with Crippen molar-refractivity contribution in [3.63, 3.8) is 0 Å². The molecule has 4 heterocycles. The van der Waals surface area contributed by atoms with Crippen molar-refractivity contribution >= 4 is 29.1 Å². The number of carboxylic acids is 2. The number of nitrogens with zero attached hydrogens (tertiary/aromatic N) is 2. The Hall–Kier alpha value is -2.45. The standard InChI is InChI=1S/C19H20N2O5S/c1-11-2-3-12(17(22)23)16(20-11)21-7-5-19(6-8-21)13-10-15(18(24)25)27-14(13)4-9-26-19/h2-3,10H,4-9H2,1H3,(H,22,23)(H,24,25). The van der Waals surface area contributed by atoms with E-state index in [-0.39, 0.29) is 5.56 Å². The van der Waals surface area contributed by atoms with Crippen LogP contribution in [0.15, 0.2) is 18.2 Å². The number of carbonyl (C=O) groups is 2. The van der Waals surface area contributed by atoms with Gasteiger partial charge >= 0.3 is 11.9 Å². The fraction of sp³-hybridized carbons (Fsp3) is 0.421. The van der Waals surface area contributed by atoms with Gasteiger partial charge in [0.05, 0.1) is 12.2 Å². The normalized spacial score (nSPS) is 18.3. The summed E-state index contributed by atoms with van der Waals surface area (Å²) in [7, 11) is 0. The van der Waals surface area contributed by atoms with Crippen molar-refractivity contribution in [3.05, 3.63) is 44.8 Å². The molecule has 1 fully saturated rings. The third kappa shape index (κ3) is 3.08. The molecule has 0 unspecified atom stereocenters. The molecule has 0 saturated carbocycles. The number of thiophene rings is 1. The molecule has 1 saturated heterocycles. The lowest BCUT2D eigenvalue weighted by Crippen LogP contribution is -2.46. The molecular formula is C19H20N2O5S. The van der Waals surface area contributed by atoms with Crippen LogP contribution < -0.4 is 4.90 Å². The van der Waals surface area contributed by atoms with E-state index in [1.807, 2.05) is 11.8 Å². The number of anilines is 1. The first kappa shape index (κ1) is 17.9. The maximum absolute atomic E-state index is 11.6. The lowest BCUT2D eigenvalue weighted by molar-refractivity contribution is -0.0757. The smallest absolute Gasteiger partial charge is 0.345 e. The van der Waals surface area contributed by atoms with Crippen LogP contribution in [0.4, 0.5) is 5.82 Å². The first-order chi connectivity index (χ1) is 12.9. The molecular weight excluding hydrogens is 368 g/mol. The van der Waals surface area contributed by atoms with Crippen LogP contribution in [0.5, 0.6) is 0 Å². The van der Waals surface area contributed by atoms with Crippen molar-refractivity contribution < 1.29 is 24.5 Å². The molecule has 2 N–H and O–H groups in total. The van der Waals surface area contributed by atoms with Crippen molar-refractivity contribution in [1.82, 2.24) is 4.98 Å². The van der Waals surface area contributed by atoms with Gasteiger partial charge in [-0.05, 0) is 43.5 Å². The molecule has 2 aromatic rings. The molecule has 142 valence electrons. The van der Waals surface area contributed by atoms with Crippen LogP contribution in [0, 0.1) is 6.92 Å². The highest BCUT2D eigenvalue weighted by atomic mass is 32.1. The molecule has 4 rings (SSSR count). The molecule has 8 heteroatoms. The summed E-state index contributed by atoms with van der Waals surface area (Å²) >= 11 is 1.33. The minimum atomic E-state index is -0.988. The van der Waals surface area contributed by atoms with Gasteiger partial charge in [0.2, 0.25) is 0 Å². The lowest BCUT2D eigenvalue weighted by Gasteiger charge is -2.44. The van der Waals surface area contributed by atoms with Gasteiger partial charge < -0.3 is 19.8 Å². The highest BCUT2D eigenvalue weighted by Crippen LogP contribution is 2.45. The van der Waals surface area contributed by atoms with Crippen molar-refractivity contribution in [2.45, 2.75) is 31.8 Å². The monoisotopic (exact) mass is 388 g/mol. The average Bonchev–Trinajstić information content (AvgIpc) is 3.08. The number of piperidine rings is 1. The molecule has 7 nitrogen and oxygen atoms in total. The quantitative estimate of drug-likeness (QED) is 0.834. The summed E-state index contributed by atoms with van der Waals surface area (Å²) < 4.78 is 6.16. The number of aromatic nitrogens is 1. The van der Waals surface area contributed by atoms with Crippen molar-refractivity contribution in [3.8, 4) is 0 Å². The van der Waals surface area contributed by atoms with E-state index >= 15 is 0 Å². The van der Waals surface area contributed by atoms with Gasteiger partial charge in [-0.25, -0.2) is 14.6 Å². The molecule has 2 aliphatic rings. The van der Waals surface area contributed by atoms with Gasteiger partial charge in [0, 0.05) is 30.1 Å². The van der Waals surface area contributed by atoms with Gasteiger partial charge in [0.15, 0.2) is 0 Å². The Morgan fingerprint density at radius 3 is 2.63 bits per heavy atom. The lowest BCUT2D eigenvalue weighted by atomic mass is 9.82. The Labute approximate surface area is 160 Å². The number of pyridine rings is 1. The van der Waals surface area contributed by atoms with E-state index < -0.39 is 17.5 Å². The summed E-state index contributed by atoms with van der Waals surface area (Å²) in [5.41, 5.74) is 1.48. The van der Waals surface area contributed by atoms with E-state index in [1.165, 1.54) is 11.3 Å². The first-order valence-corrected chi connectivity index (χ1v) is 9.67. The molecule has 0 radical (unpaired) electrons. The van der Waals surface area contributed by atoms with E-state index in [1.54, 1.807) is 18.2 Å². The van der Waals surface area contributed by atoms with Crippen LogP contribution in [0.3, 0.4) is 0 Å². The fourth-order valence-corrected chi connectivity index (χ4v) is 5.04. The summed E-state index contributed by atoms with van der Waals surface area (Å²) in [6, 6.07) is 5.05. The van der Waals surface area contributed by atoms with E-state index in [9.17, 15) is 19.8 Å². The van der Waals surface area contributed by atoms with Gasteiger partial charge in [-0.3, -0.25) is 0 Å². The molecule has 27 heavy (non-hydrogen) atoms. The first-order valence-electron chi connectivity index (χ1n) is 8.86. The zero-order valence-electron chi connectivity index (χ0n) is 14.9. The third-order valence-electron chi connectivity index (χ3n) is 5.33. The van der Waals surface area contributed by atoms with Gasteiger partial charge in [-0.2, -0.15) is 0 Å². The predicted molar refractivity (Wildman–Crippen MR) is 100.0 cm³/mol. The van der Waals surface area contributed by atoms with Crippen molar-refractivity contribution in [1.29, 1.82) is 0 Å². The van der Waals surface area contributed by atoms with Crippen LogP contribution in [0.1, 0.15) is 49.0 Å². The number of aryl methyl sites for hydroxylation is 1. The summed E-state index contributed by atoms with van der Waals surface area (Å²) in [4.78, 5) is 30.8. The van der Waals surface area contributed by atoms with Gasteiger partial charge in [-0.15, -0.1) is 11.3 Å². The minimum Gasteiger partial charge on any atom is -0.478 e. The Morgan fingerprint density at radius 1 is 1.22 bits per heavy atom. The Morgan fingerprint density at radius 2 is 1.96 bits per heavy atom.